The summed E-state index contributed by atoms with van der Waals surface area (Å²) in [6.45, 7) is 0. The quantitative estimate of drug-likeness (QED) is 0.203. The monoisotopic (exact) mass is 539 g/mol. The van der Waals surface area contributed by atoms with E-state index in [0.29, 0.717) is 22.4 Å². The van der Waals surface area contributed by atoms with Crippen LogP contribution in [-0.4, -0.2) is 30.6 Å². The average molecular weight is 539 g/mol. The molecule has 5 nitrogen and oxygen atoms in total. The number of ether oxygens (including phenoxy) is 2. The Bertz CT molecular complexity index is 1240. The number of hydrogen-bond acceptors (Lipinski definition) is 5. The van der Waals surface area contributed by atoms with Gasteiger partial charge in [0.25, 0.3) is 0 Å². The Morgan fingerprint density at radius 2 is 1.30 bits per heavy atom. The van der Waals surface area contributed by atoms with Crippen molar-refractivity contribution in [1.82, 2.24) is 0 Å². The minimum atomic E-state index is -2.50. The Morgan fingerprint density at radius 3 is 1.76 bits per heavy atom. The summed E-state index contributed by atoms with van der Waals surface area (Å²) in [5.74, 6) is 0.744. The molecule has 0 bridgehead atoms. The second kappa shape index (κ2) is 13.7. The molecule has 0 aliphatic heterocycles. The van der Waals surface area contributed by atoms with Crippen molar-refractivity contribution in [2.24, 2.45) is 4.99 Å². The SMILES string of the molecule is COc1cc(C=N[C@H](c2ccccc2)C(O)(c2ccccc2)c2ccccc2)c(O)c(OC)c1.[F][Ti][F]. The summed E-state index contributed by atoms with van der Waals surface area (Å²) in [5.41, 5.74) is 1.18. The Balaban J connectivity index is 0.00000121. The molecule has 2 N–H and O–H groups in total. The molecule has 0 saturated heterocycles. The van der Waals surface area contributed by atoms with Crippen LogP contribution in [0.4, 0.5) is 6.18 Å². The van der Waals surface area contributed by atoms with E-state index in [-0.39, 0.29) is 11.5 Å². The van der Waals surface area contributed by atoms with Crippen LogP contribution in [0, 0.1) is 0 Å². The fraction of sp³-hybridized carbons (Fsp3) is 0.138. The molecule has 0 saturated carbocycles. The third kappa shape index (κ3) is 6.63. The van der Waals surface area contributed by atoms with Crippen LogP contribution in [0.1, 0.15) is 28.3 Å². The molecule has 0 unspecified atom stereocenters. The first-order chi connectivity index (χ1) is 18.0. The molecule has 0 amide bonds. The predicted octanol–water partition coefficient (Wildman–Crippen LogP) is 6.34. The molecule has 4 rings (SSSR count). The van der Waals surface area contributed by atoms with Gasteiger partial charge in [-0.25, -0.2) is 0 Å². The van der Waals surface area contributed by atoms with Gasteiger partial charge in [0.2, 0.25) is 0 Å². The van der Waals surface area contributed by atoms with Crippen molar-refractivity contribution in [3.05, 3.63) is 125 Å². The predicted molar refractivity (Wildman–Crippen MR) is 136 cm³/mol. The third-order valence-corrected chi connectivity index (χ3v) is 5.84. The Kier molecular flexibility index (Phi) is 10.4. The molecule has 37 heavy (non-hydrogen) atoms. The normalized spacial score (nSPS) is 11.8. The van der Waals surface area contributed by atoms with Gasteiger partial charge in [-0.1, -0.05) is 91.0 Å². The van der Waals surface area contributed by atoms with Crippen molar-refractivity contribution < 1.29 is 46.1 Å². The maximum absolute atomic E-state index is 12.4. The van der Waals surface area contributed by atoms with E-state index in [0.717, 1.165) is 5.56 Å². The minimum absolute atomic E-state index is 0.0539. The zero-order valence-electron chi connectivity index (χ0n) is 20.4. The second-order valence-corrected chi connectivity index (χ2v) is 8.15. The Labute approximate surface area is 225 Å². The van der Waals surface area contributed by atoms with E-state index >= 15 is 0 Å². The molecular formula is C29H27F2NO4Ti. The number of hydrogen-bond donors (Lipinski definition) is 2. The van der Waals surface area contributed by atoms with E-state index in [9.17, 15) is 16.4 Å². The summed E-state index contributed by atoms with van der Waals surface area (Å²) >= 11 is -2.50. The summed E-state index contributed by atoms with van der Waals surface area (Å²) in [6, 6.07) is 31.2. The standard InChI is InChI=1S/C29H27NO4.2FH.Ti/c1-33-25-18-22(27(31)26(19-25)34-2)20-30-28(21-12-6-3-7-13-21)29(32,23-14-8-4-9-15-23)24-16-10-5-11-17-24;;;/h3-20,28,31-32H,1-2H3;2*1H;/q;;;+2/p-2/t28-;;;/m1.../s1. The summed E-state index contributed by atoms with van der Waals surface area (Å²) in [6.07, 6.45) is 1.55. The number of aromatic hydroxyl groups is 1. The fourth-order valence-corrected chi connectivity index (χ4v) is 4.07. The van der Waals surface area contributed by atoms with Gasteiger partial charge in [-0.3, -0.25) is 4.99 Å². The van der Waals surface area contributed by atoms with Crippen LogP contribution in [0.25, 0.3) is 0 Å². The number of phenolic OH excluding ortho intramolecular Hbond substituents is 1. The zero-order chi connectivity index (χ0) is 26.7. The van der Waals surface area contributed by atoms with Gasteiger partial charge in [-0.05, 0) is 22.8 Å². The van der Waals surface area contributed by atoms with Crippen molar-refractivity contribution in [2.45, 2.75) is 11.6 Å². The molecule has 8 heteroatoms. The van der Waals surface area contributed by atoms with Gasteiger partial charge in [0.15, 0.2) is 11.5 Å². The number of aliphatic imine (C=N–C) groups is 1. The van der Waals surface area contributed by atoms with Crippen molar-refractivity contribution in [3.63, 3.8) is 0 Å². The van der Waals surface area contributed by atoms with E-state index in [1.54, 1.807) is 25.5 Å². The van der Waals surface area contributed by atoms with E-state index < -0.39 is 31.9 Å². The molecule has 0 aliphatic rings. The molecule has 190 valence electrons. The molecule has 4 aromatic rings. The van der Waals surface area contributed by atoms with Crippen molar-refractivity contribution in [1.29, 1.82) is 0 Å². The molecule has 0 aromatic heterocycles. The van der Waals surface area contributed by atoms with Crippen LogP contribution in [-0.2, 0) is 25.8 Å². The van der Waals surface area contributed by atoms with E-state index in [4.69, 9.17) is 14.5 Å². The van der Waals surface area contributed by atoms with E-state index in [1.807, 2.05) is 91.0 Å². The third-order valence-electron chi connectivity index (χ3n) is 5.84. The van der Waals surface area contributed by atoms with Crippen molar-refractivity contribution in [2.75, 3.05) is 14.2 Å². The first-order valence-electron chi connectivity index (χ1n) is 11.3. The first-order valence-corrected chi connectivity index (χ1v) is 12.5. The molecule has 0 radical (unpaired) electrons. The summed E-state index contributed by atoms with van der Waals surface area (Å²) in [4.78, 5) is 4.85. The number of methoxy groups -OCH3 is 2. The van der Waals surface area contributed by atoms with Gasteiger partial charge < -0.3 is 19.7 Å². The number of aliphatic hydroxyl groups is 1. The van der Waals surface area contributed by atoms with Gasteiger partial charge in [0.1, 0.15) is 17.4 Å². The van der Waals surface area contributed by atoms with Crippen molar-refractivity contribution >= 4 is 6.21 Å². The zero-order valence-corrected chi connectivity index (χ0v) is 21.9. The number of rotatable bonds is 8. The molecule has 4 aromatic carbocycles. The van der Waals surface area contributed by atoms with Gasteiger partial charge in [0, 0.05) is 17.8 Å². The fourth-order valence-electron chi connectivity index (χ4n) is 4.07. The molecular weight excluding hydrogens is 512 g/mol. The van der Waals surface area contributed by atoms with Crippen LogP contribution in [0.15, 0.2) is 108 Å². The molecule has 0 heterocycles. The van der Waals surface area contributed by atoms with Crippen LogP contribution in [0.3, 0.4) is 0 Å². The molecule has 0 fully saturated rings. The van der Waals surface area contributed by atoms with E-state index in [2.05, 4.69) is 0 Å². The second-order valence-electron chi connectivity index (χ2n) is 7.93. The first kappa shape index (κ1) is 28.1. The number of halogens is 2. The maximum atomic E-state index is 12.4. The Morgan fingerprint density at radius 1 is 0.811 bits per heavy atom. The average Bonchev–Trinajstić information content (AvgIpc) is 2.95. The number of nitrogens with zero attached hydrogens (tertiary/aromatic N) is 1. The summed E-state index contributed by atoms with van der Waals surface area (Å²) in [7, 11) is 3.02. The number of phenols is 1. The summed E-state index contributed by atoms with van der Waals surface area (Å²) in [5, 5.41) is 23.1. The van der Waals surface area contributed by atoms with E-state index in [1.165, 1.54) is 7.11 Å². The van der Waals surface area contributed by atoms with Gasteiger partial charge in [-0.15, -0.1) is 0 Å². The molecule has 0 aliphatic carbocycles. The molecule has 0 spiro atoms. The van der Waals surface area contributed by atoms with Gasteiger partial charge in [-0.2, -0.15) is 0 Å². The number of benzene rings is 4. The van der Waals surface area contributed by atoms with Crippen LogP contribution in [0.5, 0.6) is 17.2 Å². The molecule has 1 atom stereocenters. The van der Waals surface area contributed by atoms with Gasteiger partial charge >= 0.3 is 26.4 Å². The van der Waals surface area contributed by atoms with Crippen molar-refractivity contribution in [3.8, 4) is 17.2 Å². The van der Waals surface area contributed by atoms with Gasteiger partial charge in [0.05, 0.1) is 14.2 Å². The van der Waals surface area contributed by atoms with Crippen LogP contribution in [0.2, 0.25) is 0 Å². The summed E-state index contributed by atoms with van der Waals surface area (Å²) < 4.78 is 30.1. The topological polar surface area (TPSA) is 71.3 Å². The Hall–Kier alpha value is -3.52. The van der Waals surface area contributed by atoms with Crippen LogP contribution >= 0.6 is 0 Å². The van der Waals surface area contributed by atoms with Crippen LogP contribution < -0.4 is 9.47 Å².